The summed E-state index contributed by atoms with van der Waals surface area (Å²) >= 11 is 1.34. The number of rotatable bonds is 5. The van der Waals surface area contributed by atoms with Crippen LogP contribution in [0.4, 0.5) is 5.69 Å². The first-order valence-electron chi connectivity index (χ1n) is 7.29. The molecule has 0 aromatic heterocycles. The summed E-state index contributed by atoms with van der Waals surface area (Å²) in [6.45, 7) is 2.06. The van der Waals surface area contributed by atoms with Gasteiger partial charge >= 0.3 is 0 Å². The highest BCUT2D eigenvalue weighted by molar-refractivity contribution is 8.00. The Labute approximate surface area is 144 Å². The van der Waals surface area contributed by atoms with Gasteiger partial charge in [0.1, 0.15) is 0 Å². The quantitative estimate of drug-likeness (QED) is 0.392. The van der Waals surface area contributed by atoms with E-state index in [0.29, 0.717) is 0 Å². The molecule has 0 saturated heterocycles. The smallest absolute Gasteiger partial charge is 0.269 e. The average Bonchev–Trinajstić information content (AvgIpc) is 2.60. The first-order valence-corrected chi connectivity index (χ1v) is 8.17. The van der Waals surface area contributed by atoms with Crippen molar-refractivity contribution < 1.29 is 9.72 Å². The monoisotopic (exact) mass is 340 g/mol. The molecule has 0 aliphatic rings. The maximum absolute atomic E-state index is 12.0. The SMILES string of the molecule is CC(Sc1ccc([N+](=O)[O-])cc1)C(=O)NCC#Cc1ccccc1. The summed E-state index contributed by atoms with van der Waals surface area (Å²) in [6, 6.07) is 15.7. The molecule has 2 aromatic rings. The standard InChI is InChI=1S/C18H16N2O3S/c1-14(24-17-11-9-16(10-12-17)20(22)23)18(21)19-13-5-8-15-6-3-2-4-7-15/h2-4,6-7,9-12,14H,13H2,1H3,(H,19,21). The van der Waals surface area contributed by atoms with Crippen LogP contribution in [0.1, 0.15) is 12.5 Å². The largest absolute Gasteiger partial charge is 0.344 e. The van der Waals surface area contributed by atoms with E-state index in [0.717, 1.165) is 10.5 Å². The molecule has 0 bridgehead atoms. The highest BCUT2D eigenvalue weighted by atomic mass is 32.2. The molecule has 0 saturated carbocycles. The van der Waals surface area contributed by atoms with Crippen LogP contribution in [-0.4, -0.2) is 22.6 Å². The topological polar surface area (TPSA) is 72.2 Å². The lowest BCUT2D eigenvalue weighted by atomic mass is 10.2. The van der Waals surface area contributed by atoms with Gasteiger partial charge in [0.25, 0.3) is 5.69 Å². The highest BCUT2D eigenvalue weighted by Gasteiger charge is 2.14. The van der Waals surface area contributed by atoms with Gasteiger partial charge in [-0.15, -0.1) is 11.8 Å². The van der Waals surface area contributed by atoms with Gasteiger partial charge in [0.05, 0.1) is 16.7 Å². The number of thioether (sulfide) groups is 1. The summed E-state index contributed by atoms with van der Waals surface area (Å²) in [5.74, 6) is 5.75. The number of hydrogen-bond donors (Lipinski definition) is 1. The van der Waals surface area contributed by atoms with E-state index in [-0.39, 0.29) is 23.4 Å². The Hall–Kier alpha value is -2.78. The molecule has 0 fully saturated rings. The lowest BCUT2D eigenvalue weighted by Gasteiger charge is -2.10. The number of hydrogen-bond acceptors (Lipinski definition) is 4. The Kier molecular flexibility index (Phi) is 6.41. The van der Waals surface area contributed by atoms with Crippen molar-refractivity contribution in [2.45, 2.75) is 17.1 Å². The molecular weight excluding hydrogens is 324 g/mol. The van der Waals surface area contributed by atoms with Gasteiger partial charge in [0.15, 0.2) is 0 Å². The molecule has 6 heteroatoms. The summed E-state index contributed by atoms with van der Waals surface area (Å²) in [4.78, 5) is 23.0. The number of nitro groups is 1. The third-order valence-corrected chi connectivity index (χ3v) is 4.20. The maximum Gasteiger partial charge on any atom is 0.269 e. The van der Waals surface area contributed by atoms with Crippen LogP contribution < -0.4 is 5.32 Å². The minimum absolute atomic E-state index is 0.0349. The Bertz CT molecular complexity index is 764. The van der Waals surface area contributed by atoms with Gasteiger partial charge in [-0.25, -0.2) is 0 Å². The minimum Gasteiger partial charge on any atom is -0.344 e. The lowest BCUT2D eigenvalue weighted by molar-refractivity contribution is -0.384. The van der Waals surface area contributed by atoms with Crippen molar-refractivity contribution in [3.8, 4) is 11.8 Å². The van der Waals surface area contributed by atoms with E-state index in [1.807, 2.05) is 30.3 Å². The fourth-order valence-corrected chi connectivity index (χ4v) is 2.74. The minimum atomic E-state index is -0.448. The number of carbonyl (C=O) groups excluding carboxylic acids is 1. The van der Waals surface area contributed by atoms with Crippen molar-refractivity contribution in [1.29, 1.82) is 0 Å². The predicted molar refractivity (Wildman–Crippen MR) is 94.7 cm³/mol. The second-order valence-corrected chi connectivity index (χ2v) is 6.31. The molecule has 1 N–H and O–H groups in total. The second kappa shape index (κ2) is 8.75. The van der Waals surface area contributed by atoms with Gasteiger partial charge in [-0.1, -0.05) is 30.0 Å². The zero-order valence-electron chi connectivity index (χ0n) is 13.1. The molecule has 0 radical (unpaired) electrons. The number of carbonyl (C=O) groups is 1. The molecule has 2 rings (SSSR count). The first-order chi connectivity index (χ1) is 11.6. The Morgan fingerprint density at radius 3 is 2.50 bits per heavy atom. The summed E-state index contributed by atoms with van der Waals surface area (Å²) in [7, 11) is 0. The van der Waals surface area contributed by atoms with Gasteiger partial charge in [-0.2, -0.15) is 0 Å². The third-order valence-electron chi connectivity index (χ3n) is 3.09. The first kappa shape index (κ1) is 17.6. The van der Waals surface area contributed by atoms with Crippen LogP contribution in [0.25, 0.3) is 0 Å². The van der Waals surface area contributed by atoms with Crippen LogP contribution in [0.5, 0.6) is 0 Å². The van der Waals surface area contributed by atoms with E-state index in [4.69, 9.17) is 0 Å². The number of nitrogens with one attached hydrogen (secondary N) is 1. The van der Waals surface area contributed by atoms with Crippen LogP contribution in [0.15, 0.2) is 59.5 Å². The molecule has 24 heavy (non-hydrogen) atoms. The number of amides is 1. The molecule has 0 spiro atoms. The van der Waals surface area contributed by atoms with Crippen molar-refractivity contribution in [3.05, 3.63) is 70.3 Å². The van der Waals surface area contributed by atoms with Crippen molar-refractivity contribution in [2.24, 2.45) is 0 Å². The number of non-ortho nitro benzene ring substituents is 1. The summed E-state index contributed by atoms with van der Waals surface area (Å²) in [5, 5.41) is 13.1. The second-order valence-electron chi connectivity index (χ2n) is 4.90. The van der Waals surface area contributed by atoms with Crippen LogP contribution >= 0.6 is 11.8 Å². The Balaban J connectivity index is 1.82. The molecule has 1 amide bonds. The number of nitro benzene ring substituents is 1. The fraction of sp³-hybridized carbons (Fsp3) is 0.167. The van der Waals surface area contributed by atoms with Crippen LogP contribution in [-0.2, 0) is 4.79 Å². The van der Waals surface area contributed by atoms with E-state index in [2.05, 4.69) is 17.2 Å². The molecule has 0 heterocycles. The molecule has 0 aliphatic heterocycles. The summed E-state index contributed by atoms with van der Waals surface area (Å²) in [6.07, 6.45) is 0. The van der Waals surface area contributed by atoms with Crippen molar-refractivity contribution in [2.75, 3.05) is 6.54 Å². The normalized spacial score (nSPS) is 11.0. The van der Waals surface area contributed by atoms with Gasteiger partial charge < -0.3 is 5.32 Å². The van der Waals surface area contributed by atoms with Crippen molar-refractivity contribution in [1.82, 2.24) is 5.32 Å². The van der Waals surface area contributed by atoms with E-state index in [1.54, 1.807) is 19.1 Å². The molecule has 2 aromatic carbocycles. The molecule has 0 aliphatic carbocycles. The molecule has 1 unspecified atom stereocenters. The van der Waals surface area contributed by atoms with Crippen molar-refractivity contribution >= 4 is 23.4 Å². The zero-order chi connectivity index (χ0) is 17.4. The Morgan fingerprint density at radius 2 is 1.88 bits per heavy atom. The molecule has 122 valence electrons. The third kappa shape index (κ3) is 5.45. The summed E-state index contributed by atoms with van der Waals surface area (Å²) in [5.41, 5.74) is 0.938. The van der Waals surface area contributed by atoms with Crippen molar-refractivity contribution in [3.63, 3.8) is 0 Å². The number of nitrogens with zero attached hydrogens (tertiary/aromatic N) is 1. The van der Waals surface area contributed by atoms with Gasteiger partial charge in [0, 0.05) is 22.6 Å². The Morgan fingerprint density at radius 1 is 1.21 bits per heavy atom. The molecule has 5 nitrogen and oxygen atoms in total. The molecule has 1 atom stereocenters. The van der Waals surface area contributed by atoms with Gasteiger partial charge in [-0.05, 0) is 31.2 Å². The van der Waals surface area contributed by atoms with E-state index >= 15 is 0 Å². The zero-order valence-corrected chi connectivity index (χ0v) is 13.9. The average molecular weight is 340 g/mol. The van der Waals surface area contributed by atoms with Gasteiger partial charge in [0.2, 0.25) is 5.91 Å². The summed E-state index contributed by atoms with van der Waals surface area (Å²) < 4.78 is 0. The fourth-order valence-electron chi connectivity index (χ4n) is 1.85. The van der Waals surface area contributed by atoms with Gasteiger partial charge in [-0.3, -0.25) is 14.9 Å². The van der Waals surface area contributed by atoms with Crippen LogP contribution in [0, 0.1) is 22.0 Å². The number of benzene rings is 2. The maximum atomic E-state index is 12.0. The van der Waals surface area contributed by atoms with Crippen LogP contribution in [0.2, 0.25) is 0 Å². The van der Waals surface area contributed by atoms with E-state index in [9.17, 15) is 14.9 Å². The predicted octanol–water partition coefficient (Wildman–Crippen LogP) is 3.24. The highest BCUT2D eigenvalue weighted by Crippen LogP contribution is 2.25. The lowest BCUT2D eigenvalue weighted by Crippen LogP contribution is -2.31. The van der Waals surface area contributed by atoms with E-state index in [1.165, 1.54) is 23.9 Å². The molecular formula is C18H16N2O3S. The van der Waals surface area contributed by atoms with E-state index < -0.39 is 4.92 Å². The van der Waals surface area contributed by atoms with Crippen LogP contribution in [0.3, 0.4) is 0 Å².